The van der Waals surface area contributed by atoms with E-state index in [1.165, 1.54) is 17.9 Å². The Morgan fingerprint density at radius 1 is 1.52 bits per heavy atom. The summed E-state index contributed by atoms with van der Waals surface area (Å²) in [6.07, 6.45) is 1.50. The lowest BCUT2D eigenvalue weighted by Gasteiger charge is -2.13. The number of aryl methyl sites for hydroxylation is 1. The van der Waals surface area contributed by atoms with E-state index in [1.54, 1.807) is 12.1 Å². The van der Waals surface area contributed by atoms with Crippen molar-refractivity contribution in [1.29, 1.82) is 5.26 Å². The van der Waals surface area contributed by atoms with E-state index in [2.05, 4.69) is 15.9 Å². The second kappa shape index (κ2) is 5.80. The molecular weight excluding hydrogens is 358 g/mol. The molecule has 0 unspecified atom stereocenters. The summed E-state index contributed by atoms with van der Waals surface area (Å²) in [5, 5.41) is 9.67. The van der Waals surface area contributed by atoms with Crippen LogP contribution >= 0.6 is 27.5 Å². The number of aromatic nitrogens is 1. The Morgan fingerprint density at radius 2 is 2.19 bits per heavy atom. The molecule has 1 aromatic heterocycles. The van der Waals surface area contributed by atoms with Crippen molar-refractivity contribution in [2.45, 2.75) is 6.92 Å². The van der Waals surface area contributed by atoms with Gasteiger partial charge in [-0.3, -0.25) is 0 Å². The molecule has 0 bridgehead atoms. The van der Waals surface area contributed by atoms with Crippen LogP contribution in [0.3, 0.4) is 0 Å². The van der Waals surface area contributed by atoms with E-state index in [0.29, 0.717) is 15.2 Å². The summed E-state index contributed by atoms with van der Waals surface area (Å²) < 4.78 is 6.97. The van der Waals surface area contributed by atoms with Crippen molar-refractivity contribution in [3.63, 3.8) is 0 Å². The first kappa shape index (κ1) is 15.4. The van der Waals surface area contributed by atoms with Gasteiger partial charge >= 0.3 is 5.97 Å². The molecule has 2 aromatic rings. The summed E-state index contributed by atoms with van der Waals surface area (Å²) >= 11 is 9.41. The largest absolute Gasteiger partial charge is 0.464 e. The van der Waals surface area contributed by atoms with Gasteiger partial charge in [0.25, 0.3) is 0 Å². The molecule has 0 spiro atoms. The first-order chi connectivity index (χ1) is 9.90. The summed E-state index contributed by atoms with van der Waals surface area (Å²) in [5.74, 6) is -0.616. The molecule has 0 aliphatic heterocycles. The molecule has 5 nitrogen and oxygen atoms in total. The van der Waals surface area contributed by atoms with Crippen molar-refractivity contribution in [2.75, 3.05) is 12.8 Å². The summed E-state index contributed by atoms with van der Waals surface area (Å²) in [4.78, 5) is 12.0. The number of rotatable bonds is 2. The molecule has 7 heteroatoms. The average Bonchev–Trinajstić information content (AvgIpc) is 2.73. The van der Waals surface area contributed by atoms with E-state index in [0.717, 1.165) is 5.56 Å². The minimum absolute atomic E-state index is 0.0885. The van der Waals surface area contributed by atoms with Crippen molar-refractivity contribution in [1.82, 2.24) is 4.57 Å². The van der Waals surface area contributed by atoms with E-state index in [1.807, 2.05) is 13.0 Å². The van der Waals surface area contributed by atoms with Gasteiger partial charge < -0.3 is 15.0 Å². The fourth-order valence-corrected chi connectivity index (χ4v) is 3.25. The molecule has 1 heterocycles. The second-order valence-corrected chi connectivity index (χ2v) is 5.62. The van der Waals surface area contributed by atoms with Crippen LogP contribution in [0.15, 0.2) is 22.8 Å². The monoisotopic (exact) mass is 367 g/mol. The third kappa shape index (κ3) is 2.62. The van der Waals surface area contributed by atoms with Gasteiger partial charge in [-0.15, -0.1) is 0 Å². The van der Waals surface area contributed by atoms with Crippen LogP contribution in [0.5, 0.6) is 0 Å². The summed E-state index contributed by atoms with van der Waals surface area (Å²) in [7, 11) is 1.26. The zero-order valence-corrected chi connectivity index (χ0v) is 13.6. The van der Waals surface area contributed by atoms with Crippen molar-refractivity contribution in [3.05, 3.63) is 44.6 Å². The number of nitrogens with two attached hydrogens (primary N) is 1. The Kier molecular flexibility index (Phi) is 4.26. The number of nitrogens with zero attached hydrogens (tertiary/aromatic N) is 2. The van der Waals surface area contributed by atoms with E-state index >= 15 is 0 Å². The number of anilines is 1. The molecule has 0 fully saturated rings. The van der Waals surface area contributed by atoms with Crippen LogP contribution in [0.4, 0.5) is 5.69 Å². The lowest BCUT2D eigenvalue weighted by Crippen LogP contribution is -2.12. The quantitative estimate of drug-likeness (QED) is 0.823. The molecule has 2 N–H and O–H groups in total. The molecule has 0 aliphatic rings. The van der Waals surface area contributed by atoms with E-state index in [4.69, 9.17) is 27.3 Å². The standard InChI is InChI=1S/C14H11BrClN3O2/c1-7-3-9(16)4-10(15)12(7)19-6-8(5-17)11(18)13(19)14(20)21-2/h3-4,6H,18H2,1-2H3. The SMILES string of the molecule is COC(=O)c1c(N)c(C#N)cn1-c1c(C)cc(Cl)cc1Br. The van der Waals surface area contributed by atoms with Crippen LogP contribution in [-0.4, -0.2) is 17.6 Å². The number of benzene rings is 1. The predicted molar refractivity (Wildman–Crippen MR) is 83.7 cm³/mol. The molecule has 0 aliphatic carbocycles. The van der Waals surface area contributed by atoms with Crippen LogP contribution in [0.25, 0.3) is 5.69 Å². The van der Waals surface area contributed by atoms with Gasteiger partial charge in [0.15, 0.2) is 5.69 Å². The number of carbonyl (C=O) groups is 1. The molecule has 2 rings (SSSR count). The maximum atomic E-state index is 12.0. The minimum Gasteiger partial charge on any atom is -0.464 e. The lowest BCUT2D eigenvalue weighted by molar-refractivity contribution is 0.0593. The fourth-order valence-electron chi connectivity index (χ4n) is 2.09. The van der Waals surface area contributed by atoms with Crippen LogP contribution in [0.2, 0.25) is 5.02 Å². The molecule has 0 saturated heterocycles. The molecule has 0 atom stereocenters. The molecule has 0 saturated carbocycles. The first-order valence-corrected chi connectivity index (χ1v) is 7.03. The normalized spacial score (nSPS) is 10.2. The van der Waals surface area contributed by atoms with Gasteiger partial charge in [0.05, 0.1) is 24.0 Å². The van der Waals surface area contributed by atoms with Gasteiger partial charge in [-0.25, -0.2) is 4.79 Å². The van der Waals surface area contributed by atoms with E-state index in [-0.39, 0.29) is 16.9 Å². The number of carbonyl (C=O) groups excluding carboxylic acids is 1. The zero-order valence-electron chi connectivity index (χ0n) is 11.3. The topological polar surface area (TPSA) is 81.0 Å². The number of ether oxygens (including phenoxy) is 1. The second-order valence-electron chi connectivity index (χ2n) is 4.33. The highest BCUT2D eigenvalue weighted by Crippen LogP contribution is 2.33. The third-order valence-electron chi connectivity index (χ3n) is 3.00. The smallest absolute Gasteiger partial charge is 0.357 e. The maximum absolute atomic E-state index is 12.0. The van der Waals surface area contributed by atoms with Gasteiger partial charge in [-0.1, -0.05) is 11.6 Å². The van der Waals surface area contributed by atoms with Crippen LogP contribution < -0.4 is 5.73 Å². The van der Waals surface area contributed by atoms with Crippen LogP contribution in [-0.2, 0) is 4.74 Å². The van der Waals surface area contributed by atoms with Gasteiger partial charge in [-0.05, 0) is 40.5 Å². The summed E-state index contributed by atoms with van der Waals surface area (Å²) in [5.41, 5.74) is 7.77. The summed E-state index contributed by atoms with van der Waals surface area (Å²) in [6.45, 7) is 1.84. The highest BCUT2D eigenvalue weighted by atomic mass is 79.9. The van der Waals surface area contributed by atoms with E-state index < -0.39 is 5.97 Å². The van der Waals surface area contributed by atoms with Crippen molar-refractivity contribution < 1.29 is 9.53 Å². The van der Waals surface area contributed by atoms with Gasteiger partial charge in [0.2, 0.25) is 0 Å². The highest BCUT2D eigenvalue weighted by Gasteiger charge is 2.23. The number of nitriles is 1. The number of esters is 1. The Labute approximate surface area is 135 Å². The number of hydrogen-bond acceptors (Lipinski definition) is 4. The molecular formula is C14H11BrClN3O2. The molecule has 0 radical (unpaired) electrons. The van der Waals surface area contributed by atoms with Gasteiger partial charge in [0.1, 0.15) is 6.07 Å². The number of nitrogen functional groups attached to an aromatic ring is 1. The summed E-state index contributed by atoms with van der Waals surface area (Å²) in [6, 6.07) is 5.42. The first-order valence-electron chi connectivity index (χ1n) is 5.86. The number of methoxy groups -OCH3 is 1. The fraction of sp³-hybridized carbons (Fsp3) is 0.143. The van der Waals surface area contributed by atoms with Crippen molar-refractivity contribution in [2.24, 2.45) is 0 Å². The molecule has 0 amide bonds. The van der Waals surface area contributed by atoms with Crippen LogP contribution in [0, 0.1) is 18.3 Å². The van der Waals surface area contributed by atoms with Crippen molar-refractivity contribution >= 4 is 39.2 Å². The highest BCUT2D eigenvalue weighted by molar-refractivity contribution is 9.10. The number of halogens is 2. The van der Waals surface area contributed by atoms with Crippen LogP contribution in [0.1, 0.15) is 21.6 Å². The van der Waals surface area contributed by atoms with Crippen molar-refractivity contribution in [3.8, 4) is 11.8 Å². The van der Waals surface area contributed by atoms with E-state index in [9.17, 15) is 4.79 Å². The zero-order chi connectivity index (χ0) is 15.7. The Morgan fingerprint density at radius 3 is 2.71 bits per heavy atom. The molecule has 1 aromatic carbocycles. The molecule has 21 heavy (non-hydrogen) atoms. The van der Waals surface area contributed by atoms with Gasteiger partial charge in [-0.2, -0.15) is 5.26 Å². The Balaban J connectivity index is 2.82. The average molecular weight is 369 g/mol. The molecule has 108 valence electrons. The Hall–Kier alpha value is -1.97. The predicted octanol–water partition coefficient (Wildman–Crippen LogP) is 3.44. The third-order valence-corrected chi connectivity index (χ3v) is 3.83. The Bertz CT molecular complexity index is 754. The van der Waals surface area contributed by atoms with Gasteiger partial charge in [0, 0.05) is 15.7 Å². The lowest BCUT2D eigenvalue weighted by atomic mass is 10.2. The minimum atomic E-state index is -0.616. The number of hydrogen-bond donors (Lipinski definition) is 1. The maximum Gasteiger partial charge on any atom is 0.357 e.